The Balaban J connectivity index is 1.89. The summed E-state index contributed by atoms with van der Waals surface area (Å²) in [6.45, 7) is 4.26. The highest BCUT2D eigenvalue weighted by Gasteiger charge is 2.26. The molecule has 1 aliphatic heterocycles. The van der Waals surface area contributed by atoms with E-state index in [4.69, 9.17) is 4.98 Å². The van der Waals surface area contributed by atoms with Gasteiger partial charge in [0.05, 0.1) is 11.5 Å². The lowest BCUT2D eigenvalue weighted by Gasteiger charge is -2.22. The summed E-state index contributed by atoms with van der Waals surface area (Å²) in [6, 6.07) is 4.18. The van der Waals surface area contributed by atoms with Crippen LogP contribution in [0.1, 0.15) is 38.6 Å². The molecule has 3 heterocycles. The van der Waals surface area contributed by atoms with Gasteiger partial charge >= 0.3 is 0 Å². The fourth-order valence-electron chi connectivity index (χ4n) is 3.06. The van der Waals surface area contributed by atoms with E-state index in [9.17, 15) is 8.42 Å². The fourth-order valence-corrected chi connectivity index (χ4v) is 4.65. The molecule has 0 N–H and O–H groups in total. The van der Waals surface area contributed by atoms with E-state index in [-0.39, 0.29) is 0 Å². The Morgan fingerprint density at radius 3 is 2.71 bits per heavy atom. The number of rotatable bonds is 3. The molecule has 0 amide bonds. The van der Waals surface area contributed by atoms with Crippen molar-refractivity contribution in [2.75, 3.05) is 11.5 Å². The molecule has 3 rings (SSSR count). The van der Waals surface area contributed by atoms with Crippen molar-refractivity contribution in [2.24, 2.45) is 5.92 Å². The fraction of sp³-hybridized carbons (Fsp3) is 0.600. The van der Waals surface area contributed by atoms with Crippen molar-refractivity contribution < 1.29 is 8.42 Å². The van der Waals surface area contributed by atoms with Gasteiger partial charge in [0.2, 0.25) is 0 Å². The van der Waals surface area contributed by atoms with Crippen LogP contribution in [0.25, 0.3) is 11.2 Å². The summed E-state index contributed by atoms with van der Waals surface area (Å²) in [6.07, 6.45) is 4.12. The standard InChI is InChI=1S/C15H21N3O2S/c1-11(2)18-14(17-13-4-3-7-16-15(13)18)10-12-5-8-21(19,20)9-6-12/h3-4,7,11-12H,5-6,8-10H2,1-2H3. The second-order valence-corrected chi connectivity index (χ2v) is 8.44. The van der Waals surface area contributed by atoms with Gasteiger partial charge in [-0.2, -0.15) is 0 Å². The number of hydrogen-bond donors (Lipinski definition) is 0. The highest BCUT2D eigenvalue weighted by atomic mass is 32.2. The first kappa shape index (κ1) is 14.5. The zero-order chi connectivity index (χ0) is 15.0. The highest BCUT2D eigenvalue weighted by Crippen LogP contribution is 2.26. The lowest BCUT2D eigenvalue weighted by molar-refractivity contribution is 0.439. The van der Waals surface area contributed by atoms with Gasteiger partial charge in [0, 0.05) is 18.7 Å². The number of pyridine rings is 1. The number of imidazole rings is 1. The molecule has 0 bridgehead atoms. The molecule has 2 aromatic heterocycles. The number of fused-ring (bicyclic) bond motifs is 1. The molecule has 0 unspecified atom stereocenters. The number of nitrogens with zero attached hydrogens (tertiary/aromatic N) is 3. The molecule has 2 aromatic rings. The lowest BCUT2D eigenvalue weighted by atomic mass is 9.98. The van der Waals surface area contributed by atoms with Crippen LogP contribution in [0.2, 0.25) is 0 Å². The first-order valence-electron chi connectivity index (χ1n) is 7.48. The molecule has 21 heavy (non-hydrogen) atoms. The van der Waals surface area contributed by atoms with Gasteiger partial charge in [0.15, 0.2) is 5.65 Å². The minimum absolute atomic E-state index is 0.298. The quantitative estimate of drug-likeness (QED) is 0.873. The molecule has 1 saturated heterocycles. The number of hydrogen-bond acceptors (Lipinski definition) is 4. The Hall–Kier alpha value is -1.43. The van der Waals surface area contributed by atoms with Crippen LogP contribution in [0.4, 0.5) is 0 Å². The van der Waals surface area contributed by atoms with Crippen LogP contribution in [-0.2, 0) is 16.3 Å². The monoisotopic (exact) mass is 307 g/mol. The predicted molar refractivity (Wildman–Crippen MR) is 83.0 cm³/mol. The predicted octanol–water partition coefficient (Wildman–Crippen LogP) is 2.38. The second-order valence-electron chi connectivity index (χ2n) is 6.14. The summed E-state index contributed by atoms with van der Waals surface area (Å²) in [7, 11) is -2.80. The van der Waals surface area contributed by atoms with E-state index >= 15 is 0 Å². The highest BCUT2D eigenvalue weighted by molar-refractivity contribution is 7.91. The van der Waals surface area contributed by atoms with Crippen molar-refractivity contribution in [3.63, 3.8) is 0 Å². The molecule has 0 aliphatic carbocycles. The summed E-state index contributed by atoms with van der Waals surface area (Å²) in [5.41, 5.74) is 1.84. The van der Waals surface area contributed by atoms with Crippen LogP contribution < -0.4 is 0 Å². The molecule has 1 aliphatic rings. The average Bonchev–Trinajstić information content (AvgIpc) is 2.79. The Morgan fingerprint density at radius 1 is 1.33 bits per heavy atom. The van der Waals surface area contributed by atoms with E-state index in [1.807, 2.05) is 12.1 Å². The smallest absolute Gasteiger partial charge is 0.160 e. The van der Waals surface area contributed by atoms with Crippen LogP contribution in [-0.4, -0.2) is 34.5 Å². The zero-order valence-corrected chi connectivity index (χ0v) is 13.3. The molecular formula is C15H21N3O2S. The molecule has 114 valence electrons. The Labute approximate surface area is 125 Å². The van der Waals surface area contributed by atoms with Crippen LogP contribution in [0.3, 0.4) is 0 Å². The molecule has 0 aromatic carbocycles. The largest absolute Gasteiger partial charge is 0.310 e. The summed E-state index contributed by atoms with van der Waals surface area (Å²) < 4.78 is 25.2. The summed E-state index contributed by atoms with van der Waals surface area (Å²) in [5.74, 6) is 2.07. The van der Waals surface area contributed by atoms with E-state index in [1.54, 1.807) is 6.20 Å². The van der Waals surface area contributed by atoms with Crippen molar-refractivity contribution in [3.05, 3.63) is 24.2 Å². The van der Waals surface area contributed by atoms with Crippen molar-refractivity contribution in [3.8, 4) is 0 Å². The van der Waals surface area contributed by atoms with E-state index < -0.39 is 9.84 Å². The first-order chi connectivity index (χ1) is 9.96. The second kappa shape index (κ2) is 5.40. The molecule has 0 saturated carbocycles. The summed E-state index contributed by atoms with van der Waals surface area (Å²) >= 11 is 0. The molecule has 5 nitrogen and oxygen atoms in total. The maximum atomic E-state index is 11.5. The molecule has 0 radical (unpaired) electrons. The Morgan fingerprint density at radius 2 is 2.05 bits per heavy atom. The van der Waals surface area contributed by atoms with E-state index in [1.165, 1.54) is 0 Å². The molecule has 6 heteroatoms. The summed E-state index contributed by atoms with van der Waals surface area (Å²) in [5, 5.41) is 0. The van der Waals surface area contributed by atoms with Gasteiger partial charge in [-0.15, -0.1) is 0 Å². The topological polar surface area (TPSA) is 64.8 Å². The normalized spacial score (nSPS) is 19.4. The first-order valence-corrected chi connectivity index (χ1v) is 9.30. The summed E-state index contributed by atoms with van der Waals surface area (Å²) in [4.78, 5) is 9.16. The van der Waals surface area contributed by atoms with Gasteiger partial charge in [-0.3, -0.25) is 0 Å². The van der Waals surface area contributed by atoms with Gasteiger partial charge < -0.3 is 4.57 Å². The Kier molecular flexibility index (Phi) is 3.73. The van der Waals surface area contributed by atoms with Crippen LogP contribution in [0.15, 0.2) is 18.3 Å². The van der Waals surface area contributed by atoms with Gasteiger partial charge in [-0.25, -0.2) is 18.4 Å². The van der Waals surface area contributed by atoms with Crippen molar-refractivity contribution in [2.45, 2.75) is 39.2 Å². The van der Waals surface area contributed by atoms with Crippen molar-refractivity contribution in [1.29, 1.82) is 0 Å². The maximum absolute atomic E-state index is 11.5. The van der Waals surface area contributed by atoms with E-state index in [0.717, 1.165) is 36.3 Å². The van der Waals surface area contributed by atoms with Crippen LogP contribution >= 0.6 is 0 Å². The van der Waals surface area contributed by atoms with Gasteiger partial charge in [-0.05, 0) is 44.7 Å². The van der Waals surface area contributed by atoms with Crippen molar-refractivity contribution in [1.82, 2.24) is 14.5 Å². The minimum atomic E-state index is -2.80. The lowest BCUT2D eigenvalue weighted by Crippen LogP contribution is -2.25. The molecule has 0 spiro atoms. The maximum Gasteiger partial charge on any atom is 0.160 e. The third kappa shape index (κ3) is 2.95. The Bertz CT molecular complexity index is 735. The van der Waals surface area contributed by atoms with Gasteiger partial charge in [-0.1, -0.05) is 0 Å². The van der Waals surface area contributed by atoms with Crippen LogP contribution in [0, 0.1) is 5.92 Å². The van der Waals surface area contributed by atoms with Crippen molar-refractivity contribution >= 4 is 21.0 Å². The average molecular weight is 307 g/mol. The van der Waals surface area contributed by atoms with E-state index in [0.29, 0.717) is 23.5 Å². The molecule has 0 atom stereocenters. The SMILES string of the molecule is CC(C)n1c(CC2CCS(=O)(=O)CC2)nc2cccnc21. The number of aromatic nitrogens is 3. The third-order valence-corrected chi connectivity index (χ3v) is 5.90. The number of sulfone groups is 1. The molecule has 1 fully saturated rings. The van der Waals surface area contributed by atoms with Gasteiger partial charge in [0.25, 0.3) is 0 Å². The molecular weight excluding hydrogens is 286 g/mol. The zero-order valence-electron chi connectivity index (χ0n) is 12.5. The van der Waals surface area contributed by atoms with E-state index in [2.05, 4.69) is 23.4 Å². The minimum Gasteiger partial charge on any atom is -0.310 e. The van der Waals surface area contributed by atoms with Gasteiger partial charge in [0.1, 0.15) is 21.2 Å². The third-order valence-electron chi connectivity index (χ3n) is 4.18. The van der Waals surface area contributed by atoms with Crippen LogP contribution in [0.5, 0.6) is 0 Å².